The molecule has 160 valence electrons. The van der Waals surface area contributed by atoms with Crippen LogP contribution in [0.4, 0.5) is 10.7 Å². The molecule has 3 atom stereocenters. The molecule has 0 spiro atoms. The molecule has 1 aliphatic rings. The number of aliphatic hydroxyl groups is 1. The highest BCUT2D eigenvalue weighted by atomic mass is 16.7. The maximum Gasteiger partial charge on any atom is 0.405 e. The lowest BCUT2D eigenvalue weighted by atomic mass is 10.1. The summed E-state index contributed by atoms with van der Waals surface area (Å²) in [5, 5.41) is 13.6. The standard InChI is InChI=1S/C19H20N2O9/c1-8-15(26-3)16(30-19(20)25)14(23)18(27-8)28-11-5-4-10-6-13(21-9(2)22)29-17(24)12(10)7-11/h4-7,14,16,18,23H,1-3H3,(H2,20,25)(H,21,22). The zero-order valence-corrected chi connectivity index (χ0v) is 16.3. The first-order valence-corrected chi connectivity index (χ1v) is 8.77. The fraction of sp³-hybridized carbons (Fsp3) is 0.316. The van der Waals surface area contributed by atoms with Gasteiger partial charge >= 0.3 is 11.7 Å². The molecular formula is C19H20N2O9. The number of benzene rings is 1. The molecule has 30 heavy (non-hydrogen) atoms. The van der Waals surface area contributed by atoms with Gasteiger partial charge in [0, 0.05) is 13.0 Å². The Bertz CT molecular complexity index is 1080. The second-order valence-electron chi connectivity index (χ2n) is 6.41. The average molecular weight is 420 g/mol. The molecular weight excluding hydrogens is 400 g/mol. The van der Waals surface area contributed by atoms with E-state index in [0.717, 1.165) is 0 Å². The number of allylic oxidation sites excluding steroid dienone is 1. The Morgan fingerprint density at radius 2 is 2.00 bits per heavy atom. The van der Waals surface area contributed by atoms with E-state index in [9.17, 15) is 19.5 Å². The number of aliphatic hydroxyl groups excluding tert-OH is 1. The Labute approximate surface area is 169 Å². The van der Waals surface area contributed by atoms with E-state index in [4.69, 9.17) is 29.1 Å². The summed E-state index contributed by atoms with van der Waals surface area (Å²) in [6.07, 6.45) is -5.10. The first-order chi connectivity index (χ1) is 14.2. The largest absolute Gasteiger partial charge is 0.494 e. The molecule has 2 amide bonds. The van der Waals surface area contributed by atoms with E-state index in [2.05, 4.69) is 5.32 Å². The smallest absolute Gasteiger partial charge is 0.405 e. The van der Waals surface area contributed by atoms with Gasteiger partial charge in [0.05, 0.1) is 12.5 Å². The van der Waals surface area contributed by atoms with Crippen LogP contribution in [0.5, 0.6) is 5.75 Å². The number of hydrogen-bond donors (Lipinski definition) is 3. The van der Waals surface area contributed by atoms with Gasteiger partial charge in [-0.2, -0.15) is 0 Å². The second kappa shape index (κ2) is 8.33. The normalized spacial score (nSPS) is 21.0. The van der Waals surface area contributed by atoms with Gasteiger partial charge in [0.1, 0.15) is 11.5 Å². The number of anilines is 1. The SMILES string of the molecule is COC1=C(C)OC(Oc2ccc3cc(NC(C)=O)oc(=O)c3c2)C(O)C1OC(N)=O. The molecule has 3 rings (SSSR count). The number of fused-ring (bicyclic) bond motifs is 1. The Kier molecular flexibility index (Phi) is 5.83. The highest BCUT2D eigenvalue weighted by molar-refractivity contribution is 5.90. The minimum atomic E-state index is -1.47. The van der Waals surface area contributed by atoms with Crippen molar-refractivity contribution in [3.8, 4) is 5.75 Å². The van der Waals surface area contributed by atoms with Gasteiger partial charge < -0.3 is 34.2 Å². The third-order valence-electron chi connectivity index (χ3n) is 4.24. The number of methoxy groups -OCH3 is 1. The number of carbonyl (C=O) groups excluding carboxylic acids is 2. The fourth-order valence-electron chi connectivity index (χ4n) is 3.01. The third-order valence-corrected chi connectivity index (χ3v) is 4.24. The van der Waals surface area contributed by atoms with Crippen LogP contribution in [0.25, 0.3) is 10.8 Å². The molecule has 0 fully saturated rings. The summed E-state index contributed by atoms with van der Waals surface area (Å²) in [6, 6.07) is 5.99. The molecule has 11 heteroatoms. The predicted molar refractivity (Wildman–Crippen MR) is 102 cm³/mol. The third kappa shape index (κ3) is 4.30. The number of carbonyl (C=O) groups is 2. The van der Waals surface area contributed by atoms with Crippen LogP contribution in [0.2, 0.25) is 0 Å². The molecule has 1 aliphatic heterocycles. The molecule has 0 radical (unpaired) electrons. The second-order valence-corrected chi connectivity index (χ2v) is 6.41. The number of primary amides is 1. The molecule has 4 N–H and O–H groups in total. The lowest BCUT2D eigenvalue weighted by Crippen LogP contribution is -2.49. The summed E-state index contributed by atoms with van der Waals surface area (Å²) in [5.74, 6) is 0.120. The molecule has 0 saturated heterocycles. The molecule has 0 aliphatic carbocycles. The Morgan fingerprint density at radius 1 is 1.27 bits per heavy atom. The maximum absolute atomic E-state index is 12.2. The van der Waals surface area contributed by atoms with Crippen molar-refractivity contribution in [3.63, 3.8) is 0 Å². The molecule has 1 aromatic heterocycles. The van der Waals surface area contributed by atoms with Crippen LogP contribution < -0.4 is 21.4 Å². The first kappa shape index (κ1) is 21.0. The van der Waals surface area contributed by atoms with E-state index in [1.165, 1.54) is 39.2 Å². The number of rotatable bonds is 5. The van der Waals surface area contributed by atoms with E-state index in [1.54, 1.807) is 6.07 Å². The van der Waals surface area contributed by atoms with Crippen LogP contribution in [0.1, 0.15) is 13.8 Å². The number of amides is 2. The minimum absolute atomic E-state index is 0.0130. The quantitative estimate of drug-likeness (QED) is 0.645. The Morgan fingerprint density at radius 3 is 2.63 bits per heavy atom. The summed E-state index contributed by atoms with van der Waals surface area (Å²) in [7, 11) is 1.32. The summed E-state index contributed by atoms with van der Waals surface area (Å²) in [6.45, 7) is 2.83. The van der Waals surface area contributed by atoms with Gasteiger partial charge in [-0.1, -0.05) is 6.07 Å². The van der Waals surface area contributed by atoms with Crippen LogP contribution in [0.3, 0.4) is 0 Å². The van der Waals surface area contributed by atoms with Gasteiger partial charge in [0.25, 0.3) is 6.29 Å². The van der Waals surface area contributed by atoms with Crippen molar-refractivity contribution >= 4 is 28.7 Å². The van der Waals surface area contributed by atoms with Gasteiger partial charge in [-0.05, 0) is 24.4 Å². The van der Waals surface area contributed by atoms with Gasteiger partial charge in [0.2, 0.25) is 11.8 Å². The lowest BCUT2D eigenvalue weighted by Gasteiger charge is -2.35. The van der Waals surface area contributed by atoms with Crippen molar-refractivity contribution in [2.24, 2.45) is 5.73 Å². The average Bonchev–Trinajstić information content (AvgIpc) is 2.65. The van der Waals surface area contributed by atoms with Crippen LogP contribution in [-0.4, -0.2) is 42.7 Å². The van der Waals surface area contributed by atoms with Crippen molar-refractivity contribution in [2.75, 3.05) is 12.4 Å². The van der Waals surface area contributed by atoms with Gasteiger partial charge in [0.15, 0.2) is 18.0 Å². The lowest BCUT2D eigenvalue weighted by molar-refractivity contribution is -0.174. The van der Waals surface area contributed by atoms with Crippen molar-refractivity contribution in [1.29, 1.82) is 0 Å². The van der Waals surface area contributed by atoms with Crippen molar-refractivity contribution in [3.05, 3.63) is 46.2 Å². The molecule has 0 saturated carbocycles. The van der Waals surface area contributed by atoms with Crippen molar-refractivity contribution in [2.45, 2.75) is 32.3 Å². The maximum atomic E-state index is 12.2. The Balaban J connectivity index is 1.89. The van der Waals surface area contributed by atoms with E-state index in [1.807, 2.05) is 0 Å². The van der Waals surface area contributed by atoms with E-state index in [-0.39, 0.29) is 34.4 Å². The zero-order chi connectivity index (χ0) is 22.0. The highest BCUT2D eigenvalue weighted by Gasteiger charge is 2.43. The van der Waals surface area contributed by atoms with Crippen LogP contribution in [-0.2, 0) is 19.0 Å². The van der Waals surface area contributed by atoms with Crippen LogP contribution in [0, 0.1) is 0 Å². The number of nitrogens with one attached hydrogen (secondary N) is 1. The molecule has 0 bridgehead atoms. The summed E-state index contributed by atoms with van der Waals surface area (Å²) < 4.78 is 26.3. The molecule has 11 nitrogen and oxygen atoms in total. The van der Waals surface area contributed by atoms with Crippen molar-refractivity contribution < 1.29 is 38.1 Å². The summed E-state index contributed by atoms with van der Waals surface area (Å²) in [5.41, 5.74) is 4.37. The Hall–Kier alpha value is -3.73. The first-order valence-electron chi connectivity index (χ1n) is 8.77. The molecule has 1 aromatic carbocycles. The number of hydrogen-bond acceptors (Lipinski definition) is 9. The molecule has 3 unspecified atom stereocenters. The van der Waals surface area contributed by atoms with Crippen LogP contribution in [0.15, 0.2) is 45.0 Å². The molecule has 2 aromatic rings. The fourth-order valence-corrected chi connectivity index (χ4v) is 3.01. The minimum Gasteiger partial charge on any atom is -0.494 e. The topological polar surface area (TPSA) is 160 Å². The predicted octanol–water partition coefficient (Wildman–Crippen LogP) is 1.19. The highest BCUT2D eigenvalue weighted by Crippen LogP contribution is 2.30. The van der Waals surface area contributed by atoms with E-state index >= 15 is 0 Å². The molecule has 2 heterocycles. The van der Waals surface area contributed by atoms with E-state index < -0.39 is 30.2 Å². The zero-order valence-electron chi connectivity index (χ0n) is 16.3. The van der Waals surface area contributed by atoms with Gasteiger partial charge in [-0.3, -0.25) is 10.1 Å². The van der Waals surface area contributed by atoms with Crippen molar-refractivity contribution in [1.82, 2.24) is 0 Å². The van der Waals surface area contributed by atoms with Gasteiger partial charge in [-0.25, -0.2) is 9.59 Å². The summed E-state index contributed by atoms with van der Waals surface area (Å²) >= 11 is 0. The summed E-state index contributed by atoms with van der Waals surface area (Å²) in [4.78, 5) is 34.6. The van der Waals surface area contributed by atoms with E-state index in [0.29, 0.717) is 5.39 Å². The monoisotopic (exact) mass is 420 g/mol. The van der Waals surface area contributed by atoms with Crippen LogP contribution >= 0.6 is 0 Å². The number of ether oxygens (including phenoxy) is 4. The van der Waals surface area contributed by atoms with Gasteiger partial charge in [-0.15, -0.1) is 0 Å². The number of nitrogens with two attached hydrogens (primary N) is 1.